The van der Waals surface area contributed by atoms with Crippen molar-refractivity contribution >= 4 is 5.78 Å². The van der Waals surface area contributed by atoms with E-state index in [1.807, 2.05) is 7.05 Å². The molecule has 1 aliphatic carbocycles. The Morgan fingerprint density at radius 2 is 1.75 bits per heavy atom. The molecule has 1 N–H and O–H groups in total. The fourth-order valence-electron chi connectivity index (χ4n) is 4.26. The van der Waals surface area contributed by atoms with Crippen LogP contribution in [0.25, 0.3) is 0 Å². The van der Waals surface area contributed by atoms with Crippen LogP contribution in [0.1, 0.15) is 72.6 Å². The molecule has 1 unspecified atom stereocenters. The molecular formula is C17H31NO2. The summed E-state index contributed by atoms with van der Waals surface area (Å²) < 4.78 is 6.08. The van der Waals surface area contributed by atoms with E-state index in [9.17, 15) is 4.79 Å². The average Bonchev–Trinajstić information content (AvgIpc) is 2.58. The summed E-state index contributed by atoms with van der Waals surface area (Å²) in [5, 5.41) is 3.46. The summed E-state index contributed by atoms with van der Waals surface area (Å²) in [4.78, 5) is 12.9. The normalized spacial score (nSPS) is 31.1. The lowest BCUT2D eigenvalue weighted by Gasteiger charge is -2.38. The molecule has 0 amide bonds. The highest BCUT2D eigenvalue weighted by Crippen LogP contribution is 2.44. The second kappa shape index (κ2) is 5.42. The molecule has 20 heavy (non-hydrogen) atoms. The Bertz CT molecular complexity index is 367. The molecule has 0 aromatic rings. The van der Waals surface area contributed by atoms with Crippen molar-refractivity contribution in [3.63, 3.8) is 0 Å². The number of hydrogen-bond acceptors (Lipinski definition) is 3. The highest BCUT2D eigenvalue weighted by atomic mass is 16.5. The number of ketones is 1. The van der Waals surface area contributed by atoms with Gasteiger partial charge in [-0.2, -0.15) is 0 Å². The minimum Gasteiger partial charge on any atom is -0.369 e. The fraction of sp³-hybridized carbons (Fsp3) is 0.941. The van der Waals surface area contributed by atoms with Crippen molar-refractivity contribution in [3.8, 4) is 0 Å². The summed E-state index contributed by atoms with van der Waals surface area (Å²) in [7, 11) is 2.01. The van der Waals surface area contributed by atoms with Crippen molar-refractivity contribution < 1.29 is 9.53 Å². The van der Waals surface area contributed by atoms with Crippen LogP contribution in [0.3, 0.4) is 0 Å². The zero-order valence-electron chi connectivity index (χ0n) is 13.8. The summed E-state index contributed by atoms with van der Waals surface area (Å²) in [6.07, 6.45) is 7.56. The molecule has 3 heteroatoms. The van der Waals surface area contributed by atoms with Crippen LogP contribution < -0.4 is 5.32 Å². The van der Waals surface area contributed by atoms with Gasteiger partial charge in [-0.3, -0.25) is 4.79 Å². The van der Waals surface area contributed by atoms with Gasteiger partial charge in [0.1, 0.15) is 5.78 Å². The van der Waals surface area contributed by atoms with Gasteiger partial charge in [-0.15, -0.1) is 0 Å². The smallest absolute Gasteiger partial charge is 0.140 e. The van der Waals surface area contributed by atoms with Crippen LogP contribution in [-0.2, 0) is 9.53 Å². The SMILES string of the molecule is CNC1(CC(=O)C2CC(C)(C)OC2(C)C)CCCCC1. The van der Waals surface area contributed by atoms with Crippen molar-refractivity contribution in [2.24, 2.45) is 5.92 Å². The Labute approximate surface area is 123 Å². The van der Waals surface area contributed by atoms with Gasteiger partial charge in [-0.1, -0.05) is 19.3 Å². The number of ether oxygens (including phenoxy) is 1. The Hall–Kier alpha value is -0.410. The zero-order chi connectivity index (χ0) is 15.0. The molecule has 1 saturated carbocycles. The molecular weight excluding hydrogens is 250 g/mol. The Kier molecular flexibility index (Phi) is 4.32. The van der Waals surface area contributed by atoms with Gasteiger partial charge in [0, 0.05) is 17.9 Å². The third-order valence-corrected chi connectivity index (χ3v) is 5.32. The first-order chi connectivity index (χ1) is 9.20. The Balaban J connectivity index is 2.07. The lowest BCUT2D eigenvalue weighted by molar-refractivity contribution is -0.131. The molecule has 1 aliphatic heterocycles. The summed E-state index contributed by atoms with van der Waals surface area (Å²) in [5.74, 6) is 0.418. The second-order valence-corrected chi connectivity index (χ2v) is 7.96. The van der Waals surface area contributed by atoms with Crippen LogP contribution in [0.4, 0.5) is 0 Å². The maximum Gasteiger partial charge on any atom is 0.140 e. The van der Waals surface area contributed by atoms with Gasteiger partial charge in [0.25, 0.3) is 0 Å². The van der Waals surface area contributed by atoms with E-state index in [0.717, 1.165) is 19.3 Å². The van der Waals surface area contributed by atoms with Crippen LogP contribution in [0.5, 0.6) is 0 Å². The molecule has 3 nitrogen and oxygen atoms in total. The summed E-state index contributed by atoms with van der Waals surface area (Å²) in [6.45, 7) is 8.32. The van der Waals surface area contributed by atoms with Crippen LogP contribution in [-0.4, -0.2) is 29.6 Å². The van der Waals surface area contributed by atoms with E-state index in [4.69, 9.17) is 4.74 Å². The molecule has 1 atom stereocenters. The first-order valence-corrected chi connectivity index (χ1v) is 8.12. The number of carbonyl (C=O) groups is 1. The van der Waals surface area contributed by atoms with E-state index in [2.05, 4.69) is 33.0 Å². The Morgan fingerprint density at radius 1 is 1.15 bits per heavy atom. The molecule has 2 aliphatic rings. The van der Waals surface area contributed by atoms with Crippen molar-refractivity contribution in [1.29, 1.82) is 0 Å². The minimum absolute atomic E-state index is 0.0321. The van der Waals surface area contributed by atoms with Gasteiger partial charge < -0.3 is 10.1 Å². The first kappa shape index (κ1) is 16.0. The fourth-order valence-corrected chi connectivity index (χ4v) is 4.26. The molecule has 2 rings (SSSR count). The van der Waals surface area contributed by atoms with Crippen LogP contribution in [0.2, 0.25) is 0 Å². The van der Waals surface area contributed by atoms with E-state index < -0.39 is 0 Å². The molecule has 0 aromatic carbocycles. The summed E-state index contributed by atoms with van der Waals surface area (Å²) in [5.41, 5.74) is -0.467. The van der Waals surface area contributed by atoms with E-state index in [-0.39, 0.29) is 22.7 Å². The molecule has 0 spiro atoms. The standard InChI is InChI=1S/C17H31NO2/c1-15(2)11-13(16(3,4)20-15)14(19)12-17(18-5)9-7-6-8-10-17/h13,18H,6-12H2,1-5H3. The predicted molar refractivity (Wildman–Crippen MR) is 81.8 cm³/mol. The van der Waals surface area contributed by atoms with E-state index in [1.54, 1.807) is 0 Å². The number of rotatable bonds is 4. The van der Waals surface area contributed by atoms with Crippen molar-refractivity contribution in [1.82, 2.24) is 5.32 Å². The van der Waals surface area contributed by atoms with Crippen LogP contribution in [0, 0.1) is 5.92 Å². The predicted octanol–water partition coefficient (Wildman–Crippen LogP) is 3.46. The third kappa shape index (κ3) is 3.25. The molecule has 116 valence electrons. The third-order valence-electron chi connectivity index (χ3n) is 5.32. The average molecular weight is 281 g/mol. The minimum atomic E-state index is -0.329. The van der Waals surface area contributed by atoms with E-state index in [0.29, 0.717) is 12.2 Å². The number of Topliss-reactive ketones (excluding diaryl/α,β-unsaturated/α-hetero) is 1. The van der Waals surface area contributed by atoms with Gasteiger partial charge >= 0.3 is 0 Å². The largest absolute Gasteiger partial charge is 0.369 e. The van der Waals surface area contributed by atoms with Gasteiger partial charge in [-0.05, 0) is 54.0 Å². The van der Waals surface area contributed by atoms with Crippen molar-refractivity contribution in [2.45, 2.75) is 89.4 Å². The van der Waals surface area contributed by atoms with Crippen molar-refractivity contribution in [2.75, 3.05) is 7.05 Å². The van der Waals surface area contributed by atoms with Gasteiger partial charge in [0.05, 0.1) is 11.2 Å². The molecule has 0 aromatic heterocycles. The van der Waals surface area contributed by atoms with Gasteiger partial charge in [-0.25, -0.2) is 0 Å². The van der Waals surface area contributed by atoms with E-state index >= 15 is 0 Å². The number of nitrogens with one attached hydrogen (secondary N) is 1. The molecule has 2 fully saturated rings. The molecule has 0 bridgehead atoms. The lowest BCUT2D eigenvalue weighted by Crippen LogP contribution is -2.48. The molecule has 1 saturated heterocycles. The quantitative estimate of drug-likeness (QED) is 0.857. The van der Waals surface area contributed by atoms with Gasteiger partial charge in [0.15, 0.2) is 0 Å². The monoisotopic (exact) mass is 281 g/mol. The zero-order valence-corrected chi connectivity index (χ0v) is 13.8. The molecule has 1 heterocycles. The lowest BCUT2D eigenvalue weighted by atomic mass is 9.74. The first-order valence-electron chi connectivity index (χ1n) is 8.12. The maximum absolute atomic E-state index is 12.9. The topological polar surface area (TPSA) is 38.3 Å². The van der Waals surface area contributed by atoms with Gasteiger partial charge in [0.2, 0.25) is 0 Å². The summed E-state index contributed by atoms with van der Waals surface area (Å²) >= 11 is 0. The van der Waals surface area contributed by atoms with Crippen LogP contribution in [0.15, 0.2) is 0 Å². The maximum atomic E-state index is 12.9. The number of carbonyl (C=O) groups excluding carboxylic acids is 1. The van der Waals surface area contributed by atoms with E-state index in [1.165, 1.54) is 19.3 Å². The van der Waals surface area contributed by atoms with Crippen LogP contribution >= 0.6 is 0 Å². The molecule has 0 radical (unpaired) electrons. The number of hydrogen-bond donors (Lipinski definition) is 1. The van der Waals surface area contributed by atoms with Crippen molar-refractivity contribution in [3.05, 3.63) is 0 Å². The second-order valence-electron chi connectivity index (χ2n) is 7.96. The highest BCUT2D eigenvalue weighted by molar-refractivity contribution is 5.83. The summed E-state index contributed by atoms with van der Waals surface area (Å²) in [6, 6.07) is 0. The Morgan fingerprint density at radius 3 is 2.20 bits per heavy atom. The highest BCUT2D eigenvalue weighted by Gasteiger charge is 2.50.